The first kappa shape index (κ1) is 10.9. The molecule has 0 spiro atoms. The summed E-state index contributed by atoms with van der Waals surface area (Å²) in [5, 5.41) is 4.82. The van der Waals surface area contributed by atoms with Crippen molar-refractivity contribution in [2.24, 2.45) is 5.73 Å². The Morgan fingerprint density at radius 1 is 1.43 bits per heavy atom. The quantitative estimate of drug-likeness (QED) is 0.806. The fourth-order valence-electron chi connectivity index (χ4n) is 1.17. The molecule has 74 valence electrons. The summed E-state index contributed by atoms with van der Waals surface area (Å²) in [6.45, 7) is 0. The number of hydrogen-bond acceptors (Lipinski definition) is 3. The average Bonchev–Trinajstić information content (AvgIpc) is 2.73. The predicted molar refractivity (Wildman–Crippen MR) is 72.4 cm³/mol. The van der Waals surface area contributed by atoms with Crippen LogP contribution >= 0.6 is 56.9 Å². The van der Waals surface area contributed by atoms with E-state index in [2.05, 4.69) is 34.0 Å². The highest BCUT2D eigenvalue weighted by molar-refractivity contribution is 14.1. The summed E-state index contributed by atoms with van der Waals surface area (Å²) >= 11 is 11.6. The molecule has 0 aromatic carbocycles. The number of hydrogen-bond donors (Lipinski definition) is 1. The summed E-state index contributed by atoms with van der Waals surface area (Å²) in [5.74, 6) is 0. The highest BCUT2D eigenvalue weighted by Crippen LogP contribution is 2.33. The molecule has 1 atom stereocenters. The van der Waals surface area contributed by atoms with Crippen molar-refractivity contribution in [3.05, 3.63) is 41.2 Å². The van der Waals surface area contributed by atoms with Crippen molar-refractivity contribution in [2.45, 2.75) is 6.04 Å². The first-order chi connectivity index (χ1) is 6.68. The van der Waals surface area contributed by atoms with Crippen LogP contribution in [0.5, 0.6) is 0 Å². The van der Waals surface area contributed by atoms with E-state index < -0.39 is 0 Å². The van der Waals surface area contributed by atoms with E-state index in [0.29, 0.717) is 0 Å². The van der Waals surface area contributed by atoms with Crippen molar-refractivity contribution < 1.29 is 0 Å². The molecule has 0 aliphatic rings. The van der Waals surface area contributed by atoms with Crippen LogP contribution in [0.1, 0.15) is 16.5 Å². The molecule has 0 radical (unpaired) electrons. The standard InChI is InChI=1S/C9H7ClINS2/c10-6-1-2-13-9(6)8(12)5-3-7(11)14-4-5/h1-4,8H,12H2. The molecule has 5 heteroatoms. The third-order valence-corrected chi connectivity index (χ3v) is 5.12. The molecule has 2 heterocycles. The summed E-state index contributed by atoms with van der Waals surface area (Å²) in [4.78, 5) is 1.04. The zero-order valence-electron chi connectivity index (χ0n) is 7.04. The van der Waals surface area contributed by atoms with Crippen LogP contribution < -0.4 is 5.73 Å². The molecule has 0 aliphatic carbocycles. The smallest absolute Gasteiger partial charge is 0.0669 e. The second kappa shape index (κ2) is 4.49. The Morgan fingerprint density at radius 3 is 2.71 bits per heavy atom. The van der Waals surface area contributed by atoms with Crippen LogP contribution in [-0.4, -0.2) is 0 Å². The lowest BCUT2D eigenvalue weighted by molar-refractivity contribution is 0.899. The summed E-state index contributed by atoms with van der Waals surface area (Å²) < 4.78 is 1.25. The molecule has 1 nitrogen and oxygen atoms in total. The van der Waals surface area contributed by atoms with Gasteiger partial charge in [-0.25, -0.2) is 0 Å². The fourth-order valence-corrected chi connectivity index (χ4v) is 3.78. The van der Waals surface area contributed by atoms with Crippen LogP contribution in [0.25, 0.3) is 0 Å². The van der Waals surface area contributed by atoms with Crippen LogP contribution in [0.2, 0.25) is 5.02 Å². The van der Waals surface area contributed by atoms with Crippen molar-refractivity contribution in [1.29, 1.82) is 0 Å². The van der Waals surface area contributed by atoms with Gasteiger partial charge >= 0.3 is 0 Å². The average molecular weight is 356 g/mol. The van der Waals surface area contributed by atoms with Gasteiger partial charge in [0.05, 0.1) is 13.9 Å². The van der Waals surface area contributed by atoms with Gasteiger partial charge in [0.15, 0.2) is 0 Å². The highest BCUT2D eigenvalue weighted by atomic mass is 127. The van der Waals surface area contributed by atoms with Crippen molar-refractivity contribution >= 4 is 56.9 Å². The van der Waals surface area contributed by atoms with E-state index in [-0.39, 0.29) is 6.04 Å². The van der Waals surface area contributed by atoms with E-state index in [9.17, 15) is 0 Å². The van der Waals surface area contributed by atoms with E-state index in [1.165, 1.54) is 2.88 Å². The van der Waals surface area contributed by atoms with Crippen LogP contribution in [0, 0.1) is 2.88 Å². The van der Waals surface area contributed by atoms with Gasteiger partial charge in [0.25, 0.3) is 0 Å². The maximum absolute atomic E-state index is 6.10. The molecule has 2 N–H and O–H groups in total. The molecular formula is C9H7ClINS2. The van der Waals surface area contributed by atoms with Gasteiger partial charge in [-0.05, 0) is 51.0 Å². The van der Waals surface area contributed by atoms with Crippen molar-refractivity contribution in [3.8, 4) is 0 Å². The van der Waals surface area contributed by atoms with Gasteiger partial charge in [0.2, 0.25) is 0 Å². The molecule has 2 aromatic heterocycles. The molecule has 2 aromatic rings. The number of nitrogens with two attached hydrogens (primary N) is 1. The van der Waals surface area contributed by atoms with Gasteiger partial charge < -0.3 is 5.73 Å². The number of rotatable bonds is 2. The van der Waals surface area contributed by atoms with Crippen molar-refractivity contribution in [1.82, 2.24) is 0 Å². The van der Waals surface area contributed by atoms with Gasteiger partial charge in [-0.3, -0.25) is 0 Å². The van der Waals surface area contributed by atoms with Crippen molar-refractivity contribution in [2.75, 3.05) is 0 Å². The second-order valence-corrected chi connectivity index (χ2v) is 6.95. The van der Waals surface area contributed by atoms with Crippen molar-refractivity contribution in [3.63, 3.8) is 0 Å². The van der Waals surface area contributed by atoms with E-state index in [4.69, 9.17) is 17.3 Å². The Hall–Kier alpha value is 0.380. The molecule has 2 rings (SSSR count). The van der Waals surface area contributed by atoms with Gasteiger partial charge in [0, 0.05) is 4.88 Å². The van der Waals surface area contributed by atoms with E-state index in [0.717, 1.165) is 15.5 Å². The van der Waals surface area contributed by atoms with Crippen LogP contribution in [0.3, 0.4) is 0 Å². The zero-order chi connectivity index (χ0) is 10.1. The van der Waals surface area contributed by atoms with Gasteiger partial charge in [-0.1, -0.05) is 11.6 Å². The Labute approximate surface area is 109 Å². The van der Waals surface area contributed by atoms with Gasteiger partial charge in [-0.2, -0.15) is 0 Å². The molecule has 0 aliphatic heterocycles. The SMILES string of the molecule is NC(c1csc(I)c1)c1sccc1Cl. The van der Waals surface area contributed by atoms with Gasteiger partial charge in [0.1, 0.15) is 0 Å². The maximum Gasteiger partial charge on any atom is 0.0669 e. The predicted octanol–water partition coefficient (Wildman–Crippen LogP) is 4.12. The molecule has 0 amide bonds. The lowest BCUT2D eigenvalue weighted by Crippen LogP contribution is -2.09. The number of halogens is 2. The Kier molecular flexibility index (Phi) is 3.49. The Morgan fingerprint density at radius 2 is 2.21 bits per heavy atom. The number of thiophene rings is 2. The maximum atomic E-state index is 6.10. The van der Waals surface area contributed by atoms with Gasteiger partial charge in [-0.15, -0.1) is 22.7 Å². The second-order valence-electron chi connectivity index (χ2n) is 2.79. The van der Waals surface area contributed by atoms with Crippen LogP contribution in [-0.2, 0) is 0 Å². The summed E-state index contributed by atoms with van der Waals surface area (Å²) in [6, 6.07) is 3.91. The molecule has 0 saturated heterocycles. The minimum Gasteiger partial charge on any atom is -0.320 e. The monoisotopic (exact) mass is 355 g/mol. The normalized spacial score (nSPS) is 13.1. The summed E-state index contributed by atoms with van der Waals surface area (Å²) in [5.41, 5.74) is 7.25. The Balaban J connectivity index is 2.33. The van der Waals surface area contributed by atoms with E-state index >= 15 is 0 Å². The highest BCUT2D eigenvalue weighted by Gasteiger charge is 2.14. The lowest BCUT2D eigenvalue weighted by atomic mass is 10.1. The molecule has 0 fully saturated rings. The summed E-state index contributed by atoms with van der Waals surface area (Å²) in [7, 11) is 0. The first-order valence-electron chi connectivity index (χ1n) is 3.91. The van der Waals surface area contributed by atoms with Crippen LogP contribution in [0.4, 0.5) is 0 Å². The third-order valence-electron chi connectivity index (χ3n) is 1.87. The van der Waals surface area contributed by atoms with E-state index in [1.807, 2.05) is 11.4 Å². The first-order valence-corrected chi connectivity index (χ1v) is 7.12. The topological polar surface area (TPSA) is 26.0 Å². The fraction of sp³-hybridized carbons (Fsp3) is 0.111. The molecule has 0 saturated carbocycles. The third kappa shape index (κ3) is 2.14. The van der Waals surface area contributed by atoms with E-state index in [1.54, 1.807) is 22.7 Å². The molecule has 14 heavy (non-hydrogen) atoms. The lowest BCUT2D eigenvalue weighted by Gasteiger charge is -2.07. The summed E-state index contributed by atoms with van der Waals surface area (Å²) in [6.07, 6.45) is 0. The molecule has 0 bridgehead atoms. The molecular weight excluding hydrogens is 349 g/mol. The minimum atomic E-state index is -0.0812. The largest absolute Gasteiger partial charge is 0.320 e. The Bertz CT molecular complexity index is 437. The zero-order valence-corrected chi connectivity index (χ0v) is 11.6. The minimum absolute atomic E-state index is 0.0812. The molecule has 1 unspecified atom stereocenters. The van der Waals surface area contributed by atoms with Crippen LogP contribution in [0.15, 0.2) is 22.9 Å².